The molecule has 2 rings (SSSR count). The number of rotatable bonds is 4. The summed E-state index contributed by atoms with van der Waals surface area (Å²) >= 11 is 0. The molecule has 0 saturated heterocycles. The molecule has 0 unspecified atom stereocenters. The smallest absolute Gasteiger partial charge is 0.0283 e. The molecule has 0 radical (unpaired) electrons. The van der Waals surface area contributed by atoms with Gasteiger partial charge in [-0.25, -0.2) is 0 Å². The van der Waals surface area contributed by atoms with E-state index in [0.29, 0.717) is 0 Å². The van der Waals surface area contributed by atoms with Crippen LogP contribution in [0.5, 0.6) is 0 Å². The SMILES string of the molecule is CN(CC1CC1)CC1(N)CCCCC1. The zero-order chi connectivity index (χ0) is 10.0. The summed E-state index contributed by atoms with van der Waals surface area (Å²) in [7, 11) is 2.24. The molecule has 2 fully saturated rings. The molecule has 0 heterocycles. The van der Waals surface area contributed by atoms with Gasteiger partial charge < -0.3 is 10.6 Å². The van der Waals surface area contributed by atoms with Gasteiger partial charge in [-0.05, 0) is 38.6 Å². The zero-order valence-electron chi connectivity index (χ0n) is 9.47. The van der Waals surface area contributed by atoms with Crippen LogP contribution in [-0.2, 0) is 0 Å². The normalized spacial score (nSPS) is 26.8. The second kappa shape index (κ2) is 4.19. The molecule has 0 aliphatic heterocycles. The number of hydrogen-bond donors (Lipinski definition) is 1. The van der Waals surface area contributed by atoms with E-state index >= 15 is 0 Å². The van der Waals surface area contributed by atoms with Crippen LogP contribution < -0.4 is 5.73 Å². The molecule has 82 valence electrons. The van der Waals surface area contributed by atoms with Gasteiger partial charge in [0.25, 0.3) is 0 Å². The molecule has 0 atom stereocenters. The van der Waals surface area contributed by atoms with E-state index in [1.165, 1.54) is 51.5 Å². The van der Waals surface area contributed by atoms with E-state index in [9.17, 15) is 0 Å². The molecular weight excluding hydrogens is 172 g/mol. The largest absolute Gasteiger partial charge is 0.324 e. The van der Waals surface area contributed by atoms with E-state index in [2.05, 4.69) is 11.9 Å². The lowest BCUT2D eigenvalue weighted by Gasteiger charge is -2.36. The van der Waals surface area contributed by atoms with Crippen LogP contribution in [-0.4, -0.2) is 30.6 Å². The molecule has 0 spiro atoms. The molecule has 14 heavy (non-hydrogen) atoms. The highest BCUT2D eigenvalue weighted by molar-refractivity contribution is 4.90. The van der Waals surface area contributed by atoms with Gasteiger partial charge in [0.2, 0.25) is 0 Å². The molecule has 2 aliphatic carbocycles. The van der Waals surface area contributed by atoms with Crippen LogP contribution >= 0.6 is 0 Å². The fourth-order valence-corrected chi connectivity index (χ4v) is 2.76. The lowest BCUT2D eigenvalue weighted by Crippen LogP contribution is -2.50. The minimum absolute atomic E-state index is 0.141. The predicted octanol–water partition coefficient (Wildman–Crippen LogP) is 1.99. The second-order valence-corrected chi connectivity index (χ2v) is 5.56. The van der Waals surface area contributed by atoms with Crippen molar-refractivity contribution >= 4 is 0 Å². The summed E-state index contributed by atoms with van der Waals surface area (Å²) in [6.07, 6.45) is 9.45. The maximum absolute atomic E-state index is 6.41. The van der Waals surface area contributed by atoms with Gasteiger partial charge in [-0.1, -0.05) is 19.3 Å². The highest BCUT2D eigenvalue weighted by Gasteiger charge is 2.30. The molecule has 2 saturated carbocycles. The topological polar surface area (TPSA) is 29.3 Å². The highest BCUT2D eigenvalue weighted by atomic mass is 15.1. The molecule has 2 N–H and O–H groups in total. The van der Waals surface area contributed by atoms with Crippen LogP contribution in [0.2, 0.25) is 0 Å². The molecule has 2 aliphatic rings. The molecule has 2 heteroatoms. The van der Waals surface area contributed by atoms with Crippen LogP contribution in [0.1, 0.15) is 44.9 Å². The van der Waals surface area contributed by atoms with Crippen LogP contribution in [0.4, 0.5) is 0 Å². The lowest BCUT2D eigenvalue weighted by molar-refractivity contribution is 0.193. The Morgan fingerprint density at radius 2 is 1.86 bits per heavy atom. The Morgan fingerprint density at radius 1 is 1.21 bits per heavy atom. The highest BCUT2D eigenvalue weighted by Crippen LogP contribution is 2.31. The average Bonchev–Trinajstić information content (AvgIpc) is 2.88. The molecule has 0 bridgehead atoms. The summed E-state index contributed by atoms with van der Waals surface area (Å²) in [5.41, 5.74) is 6.56. The van der Waals surface area contributed by atoms with Gasteiger partial charge in [0.05, 0.1) is 0 Å². The molecule has 2 nitrogen and oxygen atoms in total. The van der Waals surface area contributed by atoms with E-state index in [1.54, 1.807) is 0 Å². The van der Waals surface area contributed by atoms with Gasteiger partial charge >= 0.3 is 0 Å². The summed E-state index contributed by atoms with van der Waals surface area (Å²) in [4.78, 5) is 2.46. The van der Waals surface area contributed by atoms with Gasteiger partial charge in [0.1, 0.15) is 0 Å². The van der Waals surface area contributed by atoms with Crippen LogP contribution in [0.3, 0.4) is 0 Å². The van der Waals surface area contributed by atoms with Crippen LogP contribution in [0, 0.1) is 5.92 Å². The van der Waals surface area contributed by atoms with Crippen molar-refractivity contribution in [3.63, 3.8) is 0 Å². The van der Waals surface area contributed by atoms with Gasteiger partial charge in [-0.3, -0.25) is 0 Å². The molecule has 0 aromatic rings. The maximum atomic E-state index is 6.41. The minimum atomic E-state index is 0.141. The third-order valence-corrected chi connectivity index (χ3v) is 3.70. The van der Waals surface area contributed by atoms with Gasteiger partial charge in [0, 0.05) is 18.6 Å². The summed E-state index contributed by atoms with van der Waals surface area (Å²) in [5.74, 6) is 0.993. The second-order valence-electron chi connectivity index (χ2n) is 5.56. The fourth-order valence-electron chi connectivity index (χ4n) is 2.76. The Bertz CT molecular complexity index is 181. The van der Waals surface area contributed by atoms with Crippen molar-refractivity contribution < 1.29 is 0 Å². The summed E-state index contributed by atoms with van der Waals surface area (Å²) in [6.45, 7) is 2.39. The quantitative estimate of drug-likeness (QED) is 0.745. The Balaban J connectivity index is 1.75. The standard InChI is InChI=1S/C12H24N2/c1-14(9-11-5-6-11)10-12(13)7-3-2-4-8-12/h11H,2-10,13H2,1H3. The number of likely N-dealkylation sites (N-methyl/N-ethyl adjacent to an activating group) is 1. The molecular formula is C12H24N2. The first-order chi connectivity index (χ1) is 6.68. The first-order valence-electron chi connectivity index (χ1n) is 6.15. The van der Waals surface area contributed by atoms with Crippen molar-refractivity contribution in [3.8, 4) is 0 Å². The average molecular weight is 196 g/mol. The minimum Gasteiger partial charge on any atom is -0.324 e. The van der Waals surface area contributed by atoms with E-state index in [1.807, 2.05) is 0 Å². The Kier molecular flexibility index (Phi) is 3.13. The molecule has 0 aromatic carbocycles. The van der Waals surface area contributed by atoms with Gasteiger partial charge in [-0.15, -0.1) is 0 Å². The fraction of sp³-hybridized carbons (Fsp3) is 1.00. The van der Waals surface area contributed by atoms with Crippen molar-refractivity contribution in [1.82, 2.24) is 4.90 Å². The van der Waals surface area contributed by atoms with Crippen molar-refractivity contribution in [2.45, 2.75) is 50.5 Å². The van der Waals surface area contributed by atoms with Crippen molar-refractivity contribution in [1.29, 1.82) is 0 Å². The summed E-state index contributed by atoms with van der Waals surface area (Å²) in [6, 6.07) is 0. The van der Waals surface area contributed by atoms with Crippen LogP contribution in [0.25, 0.3) is 0 Å². The van der Waals surface area contributed by atoms with Gasteiger partial charge in [0.15, 0.2) is 0 Å². The maximum Gasteiger partial charge on any atom is 0.0283 e. The Labute approximate surface area is 87.8 Å². The number of hydrogen-bond acceptors (Lipinski definition) is 2. The zero-order valence-corrected chi connectivity index (χ0v) is 9.47. The number of nitrogens with zero attached hydrogens (tertiary/aromatic N) is 1. The van der Waals surface area contributed by atoms with Gasteiger partial charge in [-0.2, -0.15) is 0 Å². The van der Waals surface area contributed by atoms with Crippen molar-refractivity contribution in [3.05, 3.63) is 0 Å². The first-order valence-corrected chi connectivity index (χ1v) is 6.15. The third-order valence-electron chi connectivity index (χ3n) is 3.70. The number of nitrogens with two attached hydrogens (primary N) is 1. The molecule has 0 aromatic heterocycles. The van der Waals surface area contributed by atoms with Crippen molar-refractivity contribution in [2.75, 3.05) is 20.1 Å². The van der Waals surface area contributed by atoms with Crippen molar-refractivity contribution in [2.24, 2.45) is 11.7 Å². The third kappa shape index (κ3) is 2.96. The van der Waals surface area contributed by atoms with Crippen LogP contribution in [0.15, 0.2) is 0 Å². The monoisotopic (exact) mass is 196 g/mol. The predicted molar refractivity (Wildman–Crippen MR) is 60.2 cm³/mol. The first kappa shape index (κ1) is 10.4. The van der Waals surface area contributed by atoms with E-state index in [4.69, 9.17) is 5.73 Å². The van der Waals surface area contributed by atoms with E-state index in [0.717, 1.165) is 12.5 Å². The molecule has 0 amide bonds. The lowest BCUT2D eigenvalue weighted by atomic mass is 9.82. The van der Waals surface area contributed by atoms with E-state index in [-0.39, 0.29) is 5.54 Å². The summed E-state index contributed by atoms with van der Waals surface area (Å²) in [5, 5.41) is 0. The Morgan fingerprint density at radius 3 is 2.43 bits per heavy atom. The summed E-state index contributed by atoms with van der Waals surface area (Å²) < 4.78 is 0. The van der Waals surface area contributed by atoms with E-state index < -0.39 is 0 Å². The Hall–Kier alpha value is -0.0800.